The molecule has 88 valence electrons. The van der Waals surface area contributed by atoms with E-state index in [1.165, 1.54) is 0 Å². The topological polar surface area (TPSA) is 109 Å². The van der Waals surface area contributed by atoms with Gasteiger partial charge in [0.25, 0.3) is 10.2 Å². The van der Waals surface area contributed by atoms with Gasteiger partial charge < -0.3 is 5.11 Å². The molecule has 0 aromatic carbocycles. The van der Waals surface area contributed by atoms with Gasteiger partial charge in [-0.05, 0) is 19.8 Å². The summed E-state index contributed by atoms with van der Waals surface area (Å²) in [5.74, 6) is -0.983. The average Bonchev–Trinajstić information content (AvgIpc) is 2.06. The molecule has 2 atom stereocenters. The van der Waals surface area contributed by atoms with Crippen LogP contribution in [0.1, 0.15) is 32.6 Å². The van der Waals surface area contributed by atoms with Crippen molar-refractivity contribution in [3.05, 3.63) is 0 Å². The van der Waals surface area contributed by atoms with Crippen LogP contribution in [0.3, 0.4) is 0 Å². The van der Waals surface area contributed by atoms with E-state index in [4.69, 9.17) is 10.2 Å². The van der Waals surface area contributed by atoms with E-state index in [0.717, 1.165) is 12.8 Å². The molecule has 1 aliphatic rings. The van der Waals surface area contributed by atoms with Crippen LogP contribution in [0.25, 0.3) is 0 Å². The number of hydrogen-bond donors (Lipinski definition) is 3. The molecule has 1 aliphatic carbocycles. The number of nitrogens with one attached hydrogen (secondary N) is 1. The van der Waals surface area contributed by atoms with Gasteiger partial charge in [-0.25, -0.2) is 5.14 Å². The minimum atomic E-state index is -3.84. The predicted octanol–water partition coefficient (Wildman–Crippen LogP) is -0.187. The first kappa shape index (κ1) is 12.4. The van der Waals surface area contributed by atoms with Crippen molar-refractivity contribution in [1.82, 2.24) is 4.72 Å². The zero-order valence-corrected chi connectivity index (χ0v) is 9.38. The van der Waals surface area contributed by atoms with E-state index in [2.05, 4.69) is 4.72 Å². The van der Waals surface area contributed by atoms with Gasteiger partial charge in [0.1, 0.15) is 0 Å². The van der Waals surface area contributed by atoms with Gasteiger partial charge >= 0.3 is 5.97 Å². The second-order valence-electron chi connectivity index (χ2n) is 4.18. The van der Waals surface area contributed by atoms with E-state index in [0.29, 0.717) is 12.8 Å². The van der Waals surface area contributed by atoms with Crippen LogP contribution >= 0.6 is 0 Å². The highest BCUT2D eigenvalue weighted by Crippen LogP contribution is 2.36. The van der Waals surface area contributed by atoms with E-state index in [1.54, 1.807) is 6.92 Å². The summed E-state index contributed by atoms with van der Waals surface area (Å²) in [6, 6.07) is -0.612. The number of nitrogens with two attached hydrogens (primary N) is 1. The molecule has 0 amide bonds. The Kier molecular flexibility index (Phi) is 3.37. The van der Waals surface area contributed by atoms with Gasteiger partial charge in [0.15, 0.2) is 0 Å². The number of carboxylic acids is 1. The summed E-state index contributed by atoms with van der Waals surface area (Å²) in [4.78, 5) is 11.1. The Balaban J connectivity index is 2.88. The summed E-state index contributed by atoms with van der Waals surface area (Å²) in [7, 11) is -3.84. The Morgan fingerprint density at radius 1 is 1.53 bits per heavy atom. The van der Waals surface area contributed by atoms with Crippen molar-refractivity contribution in [3.63, 3.8) is 0 Å². The smallest absolute Gasteiger partial charge is 0.310 e. The molecule has 0 saturated heterocycles. The molecule has 7 heteroatoms. The fourth-order valence-corrected chi connectivity index (χ4v) is 2.75. The van der Waals surface area contributed by atoms with Crippen LogP contribution in [0, 0.1) is 5.41 Å². The van der Waals surface area contributed by atoms with Gasteiger partial charge in [0.2, 0.25) is 0 Å². The van der Waals surface area contributed by atoms with Gasteiger partial charge in [0.05, 0.1) is 5.41 Å². The van der Waals surface area contributed by atoms with E-state index in [1.807, 2.05) is 0 Å². The van der Waals surface area contributed by atoms with Crippen LogP contribution in [0.15, 0.2) is 0 Å². The number of carbonyl (C=O) groups is 1. The van der Waals surface area contributed by atoms with Crippen LogP contribution in [0.2, 0.25) is 0 Å². The van der Waals surface area contributed by atoms with Crippen LogP contribution in [-0.4, -0.2) is 25.5 Å². The van der Waals surface area contributed by atoms with Gasteiger partial charge in [-0.1, -0.05) is 12.8 Å². The van der Waals surface area contributed by atoms with Gasteiger partial charge in [-0.3, -0.25) is 4.79 Å². The zero-order valence-electron chi connectivity index (χ0n) is 8.56. The third-order valence-corrected chi connectivity index (χ3v) is 3.62. The molecular formula is C8H16N2O4S. The van der Waals surface area contributed by atoms with Gasteiger partial charge in [0, 0.05) is 6.04 Å². The van der Waals surface area contributed by atoms with Crippen molar-refractivity contribution in [1.29, 1.82) is 0 Å². The summed E-state index contributed by atoms with van der Waals surface area (Å²) in [6.45, 7) is 1.55. The predicted molar refractivity (Wildman–Crippen MR) is 54.2 cm³/mol. The zero-order chi connectivity index (χ0) is 11.7. The largest absolute Gasteiger partial charge is 0.481 e. The first-order valence-corrected chi connectivity index (χ1v) is 6.34. The van der Waals surface area contributed by atoms with Crippen molar-refractivity contribution < 1.29 is 18.3 Å². The van der Waals surface area contributed by atoms with Gasteiger partial charge in [-0.2, -0.15) is 13.1 Å². The van der Waals surface area contributed by atoms with Crippen molar-refractivity contribution in [2.24, 2.45) is 10.6 Å². The molecule has 15 heavy (non-hydrogen) atoms. The van der Waals surface area contributed by atoms with Crippen LogP contribution in [0.4, 0.5) is 0 Å². The maximum absolute atomic E-state index is 11.1. The Labute approximate surface area is 89.0 Å². The fourth-order valence-electron chi connectivity index (χ4n) is 1.98. The Morgan fingerprint density at radius 3 is 2.60 bits per heavy atom. The number of rotatable bonds is 3. The molecule has 0 spiro atoms. The molecule has 6 nitrogen and oxygen atoms in total. The van der Waals surface area contributed by atoms with Crippen molar-refractivity contribution in [3.8, 4) is 0 Å². The number of aliphatic carboxylic acids is 1. The first-order chi connectivity index (χ1) is 6.76. The van der Waals surface area contributed by atoms with Crippen molar-refractivity contribution >= 4 is 16.2 Å². The lowest BCUT2D eigenvalue weighted by Crippen LogP contribution is -2.53. The molecular weight excluding hydrogens is 220 g/mol. The average molecular weight is 236 g/mol. The number of hydrogen-bond acceptors (Lipinski definition) is 3. The van der Waals surface area contributed by atoms with E-state index in [9.17, 15) is 13.2 Å². The lowest BCUT2D eigenvalue weighted by atomic mass is 9.72. The molecule has 2 unspecified atom stereocenters. The third kappa shape index (κ3) is 2.90. The van der Waals surface area contributed by atoms with E-state index >= 15 is 0 Å². The number of carboxylic acid groups (broad SMARTS) is 1. The van der Waals surface area contributed by atoms with Crippen molar-refractivity contribution in [2.45, 2.75) is 38.6 Å². The highest BCUT2D eigenvalue weighted by molar-refractivity contribution is 7.87. The standard InChI is InChI=1S/C8H16N2O4S/c1-8(7(11)12)5-3-2-4-6(8)10-15(9,13)14/h6,10H,2-5H2,1H3,(H,11,12)(H2,9,13,14). The second kappa shape index (κ2) is 4.07. The first-order valence-electron chi connectivity index (χ1n) is 4.79. The molecule has 4 N–H and O–H groups in total. The summed E-state index contributed by atoms with van der Waals surface area (Å²) in [6.07, 6.45) is 2.59. The summed E-state index contributed by atoms with van der Waals surface area (Å²) < 4.78 is 24.0. The lowest BCUT2D eigenvalue weighted by Gasteiger charge is -2.37. The highest BCUT2D eigenvalue weighted by Gasteiger charge is 2.44. The Hall–Kier alpha value is -0.660. The highest BCUT2D eigenvalue weighted by atomic mass is 32.2. The van der Waals surface area contributed by atoms with Crippen LogP contribution in [-0.2, 0) is 15.0 Å². The third-order valence-electron chi connectivity index (χ3n) is 3.00. The Bertz CT molecular complexity index is 354. The SMILES string of the molecule is CC1(C(=O)O)CCCCC1NS(N)(=O)=O. The van der Waals surface area contributed by atoms with E-state index in [-0.39, 0.29) is 0 Å². The summed E-state index contributed by atoms with van der Waals surface area (Å²) >= 11 is 0. The van der Waals surface area contributed by atoms with Crippen molar-refractivity contribution in [2.75, 3.05) is 0 Å². The second-order valence-corrected chi connectivity index (χ2v) is 5.51. The van der Waals surface area contributed by atoms with Crippen LogP contribution < -0.4 is 9.86 Å². The quantitative estimate of drug-likeness (QED) is 0.631. The Morgan fingerprint density at radius 2 is 2.13 bits per heavy atom. The summed E-state index contributed by atoms with van der Waals surface area (Å²) in [5, 5.41) is 13.9. The molecule has 0 aromatic heterocycles. The molecule has 1 fully saturated rings. The minimum absolute atomic E-state index is 0.468. The monoisotopic (exact) mass is 236 g/mol. The molecule has 0 aromatic rings. The lowest BCUT2D eigenvalue weighted by molar-refractivity contribution is -0.151. The molecule has 0 radical (unpaired) electrons. The molecule has 0 heterocycles. The molecule has 1 rings (SSSR count). The van der Waals surface area contributed by atoms with Gasteiger partial charge in [-0.15, -0.1) is 0 Å². The normalized spacial score (nSPS) is 32.5. The van der Waals surface area contributed by atoms with Crippen LogP contribution in [0.5, 0.6) is 0 Å². The fraction of sp³-hybridized carbons (Fsp3) is 0.875. The minimum Gasteiger partial charge on any atom is -0.481 e. The molecule has 0 aliphatic heterocycles. The maximum Gasteiger partial charge on any atom is 0.310 e. The van der Waals surface area contributed by atoms with E-state index < -0.39 is 27.6 Å². The molecule has 1 saturated carbocycles. The maximum atomic E-state index is 11.1. The molecule has 0 bridgehead atoms. The summed E-state index contributed by atoms with van der Waals surface area (Å²) in [5.41, 5.74) is -1.05.